The average Bonchev–Trinajstić information content (AvgIpc) is 2.53. The lowest BCUT2D eigenvalue weighted by Crippen LogP contribution is -2.49. The summed E-state index contributed by atoms with van der Waals surface area (Å²) in [6.45, 7) is 6.84. The van der Waals surface area contributed by atoms with E-state index in [0.29, 0.717) is 24.6 Å². The van der Waals surface area contributed by atoms with Crippen LogP contribution in [0.15, 0.2) is 29.2 Å². The van der Waals surface area contributed by atoms with Gasteiger partial charge in [0.2, 0.25) is 10.0 Å². The number of rotatable bonds is 5. The van der Waals surface area contributed by atoms with E-state index in [4.69, 9.17) is 5.73 Å². The summed E-state index contributed by atoms with van der Waals surface area (Å²) < 4.78 is 26.8. The summed E-state index contributed by atoms with van der Waals surface area (Å²) >= 11 is 0. The number of carbonyl (C=O) groups is 1. The minimum absolute atomic E-state index is 0. The first-order chi connectivity index (χ1) is 11.2. The van der Waals surface area contributed by atoms with Crippen LogP contribution in [0.5, 0.6) is 0 Å². The van der Waals surface area contributed by atoms with E-state index in [-0.39, 0.29) is 35.3 Å². The van der Waals surface area contributed by atoms with Crippen molar-refractivity contribution in [3.63, 3.8) is 0 Å². The number of nitrogens with two attached hydrogens (primary N) is 1. The van der Waals surface area contributed by atoms with Crippen molar-refractivity contribution in [2.75, 3.05) is 13.1 Å². The lowest BCUT2D eigenvalue weighted by molar-refractivity contribution is 0.0573. The van der Waals surface area contributed by atoms with Crippen LogP contribution in [0.3, 0.4) is 0 Å². The Balaban J connectivity index is 0.00000312. The van der Waals surface area contributed by atoms with Crippen molar-refractivity contribution in [1.29, 1.82) is 0 Å². The van der Waals surface area contributed by atoms with Crippen molar-refractivity contribution in [1.82, 2.24) is 9.62 Å². The maximum absolute atomic E-state index is 12.7. The van der Waals surface area contributed by atoms with Gasteiger partial charge in [0, 0.05) is 30.7 Å². The van der Waals surface area contributed by atoms with Gasteiger partial charge in [-0.1, -0.05) is 6.92 Å². The molecule has 0 spiro atoms. The maximum Gasteiger partial charge on any atom is 0.254 e. The number of likely N-dealkylation sites (tertiary alicyclic amines) is 1. The molecule has 0 saturated carbocycles. The first-order valence-electron chi connectivity index (χ1n) is 8.38. The van der Waals surface area contributed by atoms with E-state index in [0.717, 1.165) is 12.8 Å². The third-order valence-corrected chi connectivity index (χ3v) is 5.99. The Bertz CT molecular complexity index is 677. The molecule has 1 amide bonds. The number of hydrogen-bond donors (Lipinski definition) is 2. The summed E-state index contributed by atoms with van der Waals surface area (Å²) in [5.74, 6) is 0.482. The third kappa shape index (κ3) is 5.41. The van der Waals surface area contributed by atoms with Gasteiger partial charge in [-0.15, -0.1) is 12.4 Å². The molecule has 142 valence electrons. The molecule has 1 saturated heterocycles. The maximum atomic E-state index is 12.7. The Hall–Kier alpha value is -1.15. The molecule has 0 aliphatic carbocycles. The zero-order valence-corrected chi connectivity index (χ0v) is 16.6. The van der Waals surface area contributed by atoms with Crippen LogP contribution < -0.4 is 10.5 Å². The van der Waals surface area contributed by atoms with E-state index in [2.05, 4.69) is 11.6 Å². The number of carbonyl (C=O) groups excluding carboxylic acids is 1. The van der Waals surface area contributed by atoms with Crippen LogP contribution in [0, 0.1) is 5.92 Å². The van der Waals surface area contributed by atoms with Gasteiger partial charge in [-0.05, 0) is 56.9 Å². The summed E-state index contributed by atoms with van der Waals surface area (Å²) in [7, 11) is -3.54. The second-order valence-corrected chi connectivity index (χ2v) is 8.53. The molecular formula is C17H28ClN3O3S. The van der Waals surface area contributed by atoms with Crippen molar-refractivity contribution in [2.45, 2.75) is 50.6 Å². The van der Waals surface area contributed by atoms with Gasteiger partial charge in [0.1, 0.15) is 0 Å². The van der Waals surface area contributed by atoms with E-state index in [1.165, 1.54) is 12.1 Å². The van der Waals surface area contributed by atoms with E-state index >= 15 is 0 Å². The lowest BCUT2D eigenvalue weighted by Gasteiger charge is -2.38. The van der Waals surface area contributed by atoms with Gasteiger partial charge in [0.05, 0.1) is 4.90 Å². The Kier molecular flexibility index (Phi) is 7.87. The molecule has 3 N–H and O–H groups in total. The molecule has 1 fully saturated rings. The Labute approximate surface area is 156 Å². The van der Waals surface area contributed by atoms with Gasteiger partial charge < -0.3 is 10.6 Å². The first kappa shape index (κ1) is 21.9. The van der Waals surface area contributed by atoms with Gasteiger partial charge in [-0.25, -0.2) is 13.1 Å². The molecule has 25 heavy (non-hydrogen) atoms. The minimum atomic E-state index is -3.54. The lowest BCUT2D eigenvalue weighted by atomic mass is 9.92. The molecule has 0 radical (unpaired) electrons. The molecule has 0 aromatic heterocycles. The Morgan fingerprint density at radius 1 is 1.32 bits per heavy atom. The van der Waals surface area contributed by atoms with Gasteiger partial charge in [-0.3, -0.25) is 4.79 Å². The molecule has 1 aromatic rings. The van der Waals surface area contributed by atoms with Crippen molar-refractivity contribution in [3.8, 4) is 0 Å². The monoisotopic (exact) mass is 389 g/mol. The van der Waals surface area contributed by atoms with Crippen molar-refractivity contribution in [2.24, 2.45) is 11.7 Å². The topological polar surface area (TPSA) is 92.5 Å². The standard InChI is InChI=1S/C17H27N3O3S.ClH/c1-12(2)19-24(22,23)16-6-4-14(5-7-16)17(21)20-9-8-13(3)10-15(20)11-18;/h4-7,12-13,15,19H,8-11,18H2,1-3H3;1H. The molecule has 2 atom stereocenters. The molecule has 1 heterocycles. The minimum Gasteiger partial charge on any atom is -0.334 e. The summed E-state index contributed by atoms with van der Waals surface area (Å²) in [6, 6.07) is 5.96. The van der Waals surface area contributed by atoms with Crippen LogP contribution in [0.1, 0.15) is 44.0 Å². The van der Waals surface area contributed by atoms with Crippen molar-refractivity contribution < 1.29 is 13.2 Å². The Morgan fingerprint density at radius 2 is 1.92 bits per heavy atom. The van der Waals surface area contributed by atoms with E-state index < -0.39 is 10.0 Å². The van der Waals surface area contributed by atoms with Crippen LogP contribution in [-0.4, -0.2) is 44.4 Å². The molecular weight excluding hydrogens is 362 g/mol. The van der Waals surface area contributed by atoms with E-state index in [1.54, 1.807) is 26.0 Å². The average molecular weight is 390 g/mol. The van der Waals surface area contributed by atoms with E-state index in [9.17, 15) is 13.2 Å². The molecule has 0 bridgehead atoms. The number of nitrogens with one attached hydrogen (secondary N) is 1. The zero-order chi connectivity index (χ0) is 17.9. The summed E-state index contributed by atoms with van der Waals surface area (Å²) in [5.41, 5.74) is 6.31. The van der Waals surface area contributed by atoms with Crippen molar-refractivity contribution in [3.05, 3.63) is 29.8 Å². The number of piperidine rings is 1. The second-order valence-electron chi connectivity index (χ2n) is 6.82. The number of sulfonamides is 1. The molecule has 2 rings (SSSR count). The fraction of sp³-hybridized carbons (Fsp3) is 0.588. The number of amides is 1. The quantitative estimate of drug-likeness (QED) is 0.805. The normalized spacial score (nSPS) is 21.1. The molecule has 8 heteroatoms. The summed E-state index contributed by atoms with van der Waals surface area (Å²) in [6.07, 6.45) is 1.88. The molecule has 6 nitrogen and oxygen atoms in total. The summed E-state index contributed by atoms with van der Waals surface area (Å²) in [5, 5.41) is 0. The van der Waals surface area contributed by atoms with Gasteiger partial charge >= 0.3 is 0 Å². The molecule has 1 aromatic carbocycles. The van der Waals surface area contributed by atoms with Crippen LogP contribution >= 0.6 is 12.4 Å². The fourth-order valence-corrected chi connectivity index (χ4v) is 4.31. The first-order valence-corrected chi connectivity index (χ1v) is 9.86. The highest BCUT2D eigenvalue weighted by Gasteiger charge is 2.29. The largest absolute Gasteiger partial charge is 0.334 e. The number of nitrogens with zero attached hydrogens (tertiary/aromatic N) is 1. The second kappa shape index (κ2) is 8.98. The molecule has 2 unspecified atom stereocenters. The van der Waals surface area contributed by atoms with Crippen LogP contribution in [0.25, 0.3) is 0 Å². The van der Waals surface area contributed by atoms with Gasteiger partial charge in [0.25, 0.3) is 5.91 Å². The Morgan fingerprint density at radius 3 is 2.44 bits per heavy atom. The van der Waals surface area contributed by atoms with Crippen LogP contribution in [-0.2, 0) is 10.0 Å². The number of benzene rings is 1. The predicted octanol–water partition coefficient (Wildman–Crippen LogP) is 1.99. The van der Waals surface area contributed by atoms with Crippen LogP contribution in [0.2, 0.25) is 0 Å². The smallest absolute Gasteiger partial charge is 0.254 e. The highest BCUT2D eigenvalue weighted by molar-refractivity contribution is 7.89. The highest BCUT2D eigenvalue weighted by atomic mass is 35.5. The zero-order valence-electron chi connectivity index (χ0n) is 14.9. The number of hydrogen-bond acceptors (Lipinski definition) is 4. The predicted molar refractivity (Wildman–Crippen MR) is 101 cm³/mol. The van der Waals surface area contributed by atoms with Crippen molar-refractivity contribution >= 4 is 28.3 Å². The van der Waals surface area contributed by atoms with Crippen LogP contribution in [0.4, 0.5) is 0 Å². The fourth-order valence-electron chi connectivity index (χ4n) is 3.06. The highest BCUT2D eigenvalue weighted by Crippen LogP contribution is 2.24. The summed E-state index contributed by atoms with van der Waals surface area (Å²) in [4.78, 5) is 14.7. The van der Waals surface area contributed by atoms with Gasteiger partial charge in [0.15, 0.2) is 0 Å². The van der Waals surface area contributed by atoms with Gasteiger partial charge in [-0.2, -0.15) is 0 Å². The molecule has 1 aliphatic heterocycles. The van der Waals surface area contributed by atoms with E-state index in [1.807, 2.05) is 4.90 Å². The SMILES string of the molecule is CC1CCN(C(=O)c2ccc(S(=O)(=O)NC(C)C)cc2)C(CN)C1.Cl. The number of halogens is 1. The molecule has 1 aliphatic rings. The third-order valence-electron chi connectivity index (χ3n) is 4.31.